The van der Waals surface area contributed by atoms with Gasteiger partial charge in [0.1, 0.15) is 0 Å². The molecule has 0 aliphatic rings. The van der Waals surface area contributed by atoms with E-state index >= 15 is 0 Å². The van der Waals surface area contributed by atoms with E-state index in [1.807, 2.05) is 36.4 Å². The lowest BCUT2D eigenvalue weighted by Gasteiger charge is -2.20. The average molecular weight is 280 g/mol. The highest BCUT2D eigenvalue weighted by Crippen LogP contribution is 2.23. The van der Waals surface area contributed by atoms with E-state index in [1.165, 1.54) is 5.69 Å². The minimum absolute atomic E-state index is 0.801. The second kappa shape index (κ2) is 7.33. The molecule has 0 bridgehead atoms. The molecule has 0 amide bonds. The number of hydrogen-bond donors (Lipinski definition) is 0. The zero-order chi connectivity index (χ0) is 15.1. The van der Waals surface area contributed by atoms with E-state index in [2.05, 4.69) is 52.8 Å². The van der Waals surface area contributed by atoms with Crippen molar-refractivity contribution >= 4 is 29.5 Å². The van der Waals surface area contributed by atoms with Gasteiger partial charge in [0.05, 0.1) is 17.1 Å². The number of rotatable bonds is 6. The monoisotopic (exact) mass is 280 g/mol. The van der Waals surface area contributed by atoms with Crippen molar-refractivity contribution in [2.45, 2.75) is 13.8 Å². The maximum absolute atomic E-state index is 4.24. The van der Waals surface area contributed by atoms with Gasteiger partial charge in [0.15, 0.2) is 0 Å². The summed E-state index contributed by atoms with van der Waals surface area (Å²) < 4.78 is 0. The lowest BCUT2D eigenvalue weighted by molar-refractivity contribution is 0.866. The highest BCUT2D eigenvalue weighted by Gasteiger charge is 2.00. The van der Waals surface area contributed by atoms with E-state index in [9.17, 15) is 0 Å². The Morgan fingerprint density at radius 2 is 1.19 bits per heavy atom. The maximum Gasteiger partial charge on any atom is 0.0858 e. The largest absolute Gasteiger partial charge is 0.372 e. The lowest BCUT2D eigenvalue weighted by atomic mass is 10.2. The minimum atomic E-state index is 0.801. The van der Waals surface area contributed by atoms with Crippen LogP contribution >= 0.6 is 0 Å². The molecular formula is C17H20N4. The van der Waals surface area contributed by atoms with E-state index in [4.69, 9.17) is 0 Å². The third-order valence-corrected chi connectivity index (χ3v) is 3.29. The Morgan fingerprint density at radius 1 is 0.762 bits per heavy atom. The van der Waals surface area contributed by atoms with Crippen LogP contribution in [0.4, 0.5) is 22.7 Å². The van der Waals surface area contributed by atoms with Crippen molar-refractivity contribution in [1.29, 1.82) is 0 Å². The summed E-state index contributed by atoms with van der Waals surface area (Å²) in [5, 5.41) is 8.46. The molecule has 0 aromatic heterocycles. The molecule has 0 saturated carbocycles. The molecule has 0 aliphatic heterocycles. The molecule has 108 valence electrons. The summed E-state index contributed by atoms with van der Waals surface area (Å²) in [6.45, 7) is 9.79. The summed E-state index contributed by atoms with van der Waals surface area (Å²) in [6.07, 6.45) is 0. The van der Waals surface area contributed by atoms with Crippen LogP contribution in [0.15, 0.2) is 63.8 Å². The Labute approximate surface area is 125 Å². The van der Waals surface area contributed by atoms with Gasteiger partial charge in [-0.2, -0.15) is 10.2 Å². The van der Waals surface area contributed by atoms with Crippen LogP contribution in [0, 0.1) is 0 Å². The van der Waals surface area contributed by atoms with Crippen LogP contribution in [0.1, 0.15) is 13.8 Å². The zero-order valence-corrected chi connectivity index (χ0v) is 12.5. The first-order valence-electron chi connectivity index (χ1n) is 7.10. The number of aliphatic imine (C=N–C) groups is 1. The molecule has 0 atom stereocenters. The van der Waals surface area contributed by atoms with Gasteiger partial charge in [-0.05, 0) is 69.1 Å². The summed E-state index contributed by atoms with van der Waals surface area (Å²) in [5.41, 5.74) is 3.69. The number of azo groups is 1. The van der Waals surface area contributed by atoms with Crippen molar-refractivity contribution in [3.63, 3.8) is 0 Å². The number of benzene rings is 2. The Morgan fingerprint density at radius 3 is 1.62 bits per heavy atom. The fourth-order valence-corrected chi connectivity index (χ4v) is 2.06. The molecule has 0 N–H and O–H groups in total. The molecule has 0 spiro atoms. The van der Waals surface area contributed by atoms with Crippen LogP contribution in [0.25, 0.3) is 0 Å². The van der Waals surface area contributed by atoms with Crippen LogP contribution in [-0.4, -0.2) is 19.8 Å². The molecule has 2 aromatic carbocycles. The Balaban J connectivity index is 2.08. The molecule has 0 saturated heterocycles. The first-order valence-corrected chi connectivity index (χ1v) is 7.10. The molecule has 2 rings (SSSR count). The standard InChI is InChI=1S/C17H20N4/c1-4-21(5-2)17-12-10-16(11-13-17)20-19-15-8-6-14(18-3)7-9-15/h6-13H,3-5H2,1-2H3. The van der Waals surface area contributed by atoms with E-state index in [0.29, 0.717) is 0 Å². The van der Waals surface area contributed by atoms with Gasteiger partial charge in [-0.3, -0.25) is 4.99 Å². The molecule has 0 aliphatic carbocycles. The predicted octanol–water partition coefficient (Wildman–Crippen LogP) is 5.28. The van der Waals surface area contributed by atoms with Crippen molar-refractivity contribution in [3.05, 3.63) is 48.5 Å². The molecule has 21 heavy (non-hydrogen) atoms. The third-order valence-electron chi connectivity index (χ3n) is 3.29. The molecular weight excluding hydrogens is 260 g/mol. The second-order valence-corrected chi connectivity index (χ2v) is 4.56. The van der Waals surface area contributed by atoms with Gasteiger partial charge in [-0.1, -0.05) is 0 Å². The quantitative estimate of drug-likeness (QED) is 0.524. The van der Waals surface area contributed by atoms with Gasteiger partial charge < -0.3 is 4.90 Å². The minimum Gasteiger partial charge on any atom is -0.372 e. The SMILES string of the molecule is C=Nc1ccc(N=Nc2ccc(N(CC)CC)cc2)cc1. The Hall–Kier alpha value is -2.49. The summed E-state index contributed by atoms with van der Waals surface area (Å²) in [4.78, 5) is 6.14. The van der Waals surface area contributed by atoms with Gasteiger partial charge in [-0.25, -0.2) is 0 Å². The van der Waals surface area contributed by atoms with Crippen LogP contribution in [0.2, 0.25) is 0 Å². The predicted molar refractivity (Wildman–Crippen MR) is 89.8 cm³/mol. The summed E-state index contributed by atoms with van der Waals surface area (Å²) in [6, 6.07) is 15.6. The summed E-state index contributed by atoms with van der Waals surface area (Å²) in [5.74, 6) is 0. The van der Waals surface area contributed by atoms with Crippen LogP contribution in [0.5, 0.6) is 0 Å². The van der Waals surface area contributed by atoms with Gasteiger partial charge >= 0.3 is 0 Å². The average Bonchev–Trinajstić information content (AvgIpc) is 2.55. The van der Waals surface area contributed by atoms with Crippen molar-refractivity contribution < 1.29 is 0 Å². The third kappa shape index (κ3) is 3.99. The van der Waals surface area contributed by atoms with Crippen LogP contribution < -0.4 is 4.90 Å². The van der Waals surface area contributed by atoms with Gasteiger partial charge in [-0.15, -0.1) is 0 Å². The molecule has 4 heteroatoms. The molecule has 0 heterocycles. The number of nitrogens with zero attached hydrogens (tertiary/aromatic N) is 4. The van der Waals surface area contributed by atoms with E-state index < -0.39 is 0 Å². The molecule has 0 fully saturated rings. The van der Waals surface area contributed by atoms with Gasteiger partial charge in [0.25, 0.3) is 0 Å². The van der Waals surface area contributed by atoms with Crippen molar-refractivity contribution in [1.82, 2.24) is 0 Å². The van der Waals surface area contributed by atoms with Crippen molar-refractivity contribution in [2.75, 3.05) is 18.0 Å². The summed E-state index contributed by atoms with van der Waals surface area (Å²) in [7, 11) is 0. The molecule has 0 radical (unpaired) electrons. The first kappa shape index (κ1) is 14.9. The summed E-state index contributed by atoms with van der Waals surface area (Å²) >= 11 is 0. The van der Waals surface area contributed by atoms with Crippen molar-refractivity contribution in [3.8, 4) is 0 Å². The van der Waals surface area contributed by atoms with E-state index in [1.54, 1.807) is 0 Å². The van der Waals surface area contributed by atoms with Gasteiger partial charge in [0.2, 0.25) is 0 Å². The van der Waals surface area contributed by atoms with Crippen LogP contribution in [0.3, 0.4) is 0 Å². The van der Waals surface area contributed by atoms with Gasteiger partial charge in [0, 0.05) is 18.8 Å². The van der Waals surface area contributed by atoms with E-state index in [-0.39, 0.29) is 0 Å². The van der Waals surface area contributed by atoms with E-state index in [0.717, 1.165) is 30.2 Å². The number of hydrogen-bond acceptors (Lipinski definition) is 4. The highest BCUT2D eigenvalue weighted by atomic mass is 15.1. The number of anilines is 1. The Kier molecular flexibility index (Phi) is 5.21. The fourth-order valence-electron chi connectivity index (χ4n) is 2.06. The van der Waals surface area contributed by atoms with Crippen molar-refractivity contribution in [2.24, 2.45) is 15.2 Å². The van der Waals surface area contributed by atoms with Crippen LogP contribution in [-0.2, 0) is 0 Å². The highest BCUT2D eigenvalue weighted by molar-refractivity contribution is 5.53. The molecule has 4 nitrogen and oxygen atoms in total. The Bertz CT molecular complexity index is 596. The fraction of sp³-hybridized carbons (Fsp3) is 0.235. The molecule has 2 aromatic rings. The smallest absolute Gasteiger partial charge is 0.0858 e. The topological polar surface area (TPSA) is 40.3 Å². The maximum atomic E-state index is 4.24. The molecule has 0 unspecified atom stereocenters. The lowest BCUT2D eigenvalue weighted by Crippen LogP contribution is -2.21. The first-order chi connectivity index (χ1) is 10.3. The second-order valence-electron chi connectivity index (χ2n) is 4.56. The normalized spacial score (nSPS) is 10.8. The zero-order valence-electron chi connectivity index (χ0n) is 12.5.